The summed E-state index contributed by atoms with van der Waals surface area (Å²) < 4.78 is 1.66. The number of hydrogen-bond acceptors (Lipinski definition) is 5. The molecule has 2 atom stereocenters. The fourth-order valence-electron chi connectivity index (χ4n) is 2.79. The van der Waals surface area contributed by atoms with Gasteiger partial charge in [-0.05, 0) is 20.3 Å². The van der Waals surface area contributed by atoms with Crippen molar-refractivity contribution in [2.45, 2.75) is 45.7 Å². The summed E-state index contributed by atoms with van der Waals surface area (Å²) in [4.78, 5) is 13.3. The van der Waals surface area contributed by atoms with Gasteiger partial charge in [0, 0.05) is 32.2 Å². The van der Waals surface area contributed by atoms with E-state index in [4.69, 9.17) is 0 Å². The lowest BCUT2D eigenvalue weighted by molar-refractivity contribution is -0.384. The van der Waals surface area contributed by atoms with Gasteiger partial charge in [-0.25, -0.2) is 4.68 Å². The van der Waals surface area contributed by atoms with Crippen LogP contribution in [0.25, 0.3) is 0 Å². The Hall–Kier alpha value is -1.63. The molecule has 1 aliphatic heterocycles. The zero-order valence-corrected chi connectivity index (χ0v) is 12.6. The Bertz CT molecular complexity index is 499. The summed E-state index contributed by atoms with van der Waals surface area (Å²) in [6.07, 6.45) is 1.49. The highest BCUT2D eigenvalue weighted by Gasteiger charge is 2.34. The van der Waals surface area contributed by atoms with E-state index in [1.54, 1.807) is 11.7 Å². The number of rotatable bonds is 4. The summed E-state index contributed by atoms with van der Waals surface area (Å²) in [5, 5.41) is 19.2. The molecule has 1 N–H and O–H groups in total. The maximum absolute atomic E-state index is 11.5. The maximum atomic E-state index is 11.5. The summed E-state index contributed by atoms with van der Waals surface area (Å²) in [5.74, 6) is 0.638. The van der Waals surface area contributed by atoms with Crippen molar-refractivity contribution in [3.63, 3.8) is 0 Å². The first-order valence-electron chi connectivity index (χ1n) is 7.16. The number of nitro groups is 1. The molecule has 20 heavy (non-hydrogen) atoms. The molecule has 0 aromatic carbocycles. The molecular formula is C13H23N5O2. The Morgan fingerprint density at radius 3 is 2.80 bits per heavy atom. The van der Waals surface area contributed by atoms with Gasteiger partial charge in [-0.2, -0.15) is 5.10 Å². The normalized spacial score (nSPS) is 23.1. The summed E-state index contributed by atoms with van der Waals surface area (Å²) in [6.45, 7) is 7.76. The highest BCUT2D eigenvalue weighted by molar-refractivity contribution is 5.62. The molecule has 1 aromatic rings. The van der Waals surface area contributed by atoms with Crippen molar-refractivity contribution in [3.05, 3.63) is 15.8 Å². The van der Waals surface area contributed by atoms with Crippen LogP contribution in [0.1, 0.15) is 32.9 Å². The smallest absolute Gasteiger partial charge is 0.334 e. The van der Waals surface area contributed by atoms with Gasteiger partial charge in [0.25, 0.3) is 0 Å². The summed E-state index contributed by atoms with van der Waals surface area (Å²) in [7, 11) is 1.79. The van der Waals surface area contributed by atoms with Crippen LogP contribution in [-0.2, 0) is 13.5 Å². The van der Waals surface area contributed by atoms with Gasteiger partial charge in [-0.3, -0.25) is 10.1 Å². The second-order valence-corrected chi connectivity index (χ2v) is 5.56. The number of aryl methyl sites for hydroxylation is 2. The highest BCUT2D eigenvalue weighted by atomic mass is 16.6. The van der Waals surface area contributed by atoms with Gasteiger partial charge in [-0.1, -0.05) is 13.3 Å². The van der Waals surface area contributed by atoms with Crippen LogP contribution < -0.4 is 10.2 Å². The fourth-order valence-corrected chi connectivity index (χ4v) is 2.79. The Labute approximate surface area is 119 Å². The summed E-state index contributed by atoms with van der Waals surface area (Å²) in [5.41, 5.74) is 0.767. The van der Waals surface area contributed by atoms with Gasteiger partial charge < -0.3 is 10.2 Å². The molecule has 0 spiro atoms. The molecule has 112 valence electrons. The first kappa shape index (κ1) is 14.8. The van der Waals surface area contributed by atoms with E-state index in [1.807, 2.05) is 6.92 Å². The highest BCUT2D eigenvalue weighted by Crippen LogP contribution is 2.34. The molecule has 0 amide bonds. The van der Waals surface area contributed by atoms with E-state index in [1.165, 1.54) is 0 Å². The zero-order valence-electron chi connectivity index (χ0n) is 12.6. The number of anilines is 1. The molecule has 1 fully saturated rings. The van der Waals surface area contributed by atoms with E-state index in [2.05, 4.69) is 29.2 Å². The topological polar surface area (TPSA) is 76.2 Å². The number of nitrogens with zero attached hydrogens (tertiary/aromatic N) is 4. The molecule has 0 aliphatic carbocycles. The molecule has 0 bridgehead atoms. The van der Waals surface area contributed by atoms with Crippen molar-refractivity contribution in [3.8, 4) is 0 Å². The molecular weight excluding hydrogens is 258 g/mol. The van der Waals surface area contributed by atoms with E-state index in [0.29, 0.717) is 24.0 Å². The SMILES string of the molecule is CCCc1nn(C)c(N2CC(C)NCC2C)c1[N+](=O)[O-]. The third-order valence-electron chi connectivity index (χ3n) is 3.77. The Morgan fingerprint density at radius 1 is 1.50 bits per heavy atom. The van der Waals surface area contributed by atoms with Crippen molar-refractivity contribution < 1.29 is 4.92 Å². The standard InChI is InChI=1S/C13H23N5O2/c1-5-6-11-12(18(19)20)13(16(4)15-11)17-8-9(2)14-7-10(17)3/h9-10,14H,5-8H2,1-4H3. The van der Waals surface area contributed by atoms with E-state index in [9.17, 15) is 10.1 Å². The predicted molar refractivity (Wildman–Crippen MR) is 78.1 cm³/mol. The lowest BCUT2D eigenvalue weighted by Crippen LogP contribution is -2.55. The minimum absolute atomic E-state index is 0.176. The molecule has 0 saturated carbocycles. The second-order valence-electron chi connectivity index (χ2n) is 5.56. The lowest BCUT2D eigenvalue weighted by Gasteiger charge is -2.38. The maximum Gasteiger partial charge on any atom is 0.334 e. The zero-order chi connectivity index (χ0) is 14.9. The molecule has 1 aliphatic rings. The van der Waals surface area contributed by atoms with Crippen molar-refractivity contribution in [2.75, 3.05) is 18.0 Å². The molecule has 1 saturated heterocycles. The number of aromatic nitrogens is 2. The first-order chi connectivity index (χ1) is 9.45. The summed E-state index contributed by atoms with van der Waals surface area (Å²) in [6, 6.07) is 0.533. The van der Waals surface area contributed by atoms with Gasteiger partial charge in [0.1, 0.15) is 5.69 Å². The van der Waals surface area contributed by atoms with Crippen molar-refractivity contribution in [1.29, 1.82) is 0 Å². The van der Waals surface area contributed by atoms with Crippen LogP contribution in [0.5, 0.6) is 0 Å². The average Bonchev–Trinajstić information content (AvgIpc) is 2.69. The molecule has 7 nitrogen and oxygen atoms in total. The van der Waals surface area contributed by atoms with Gasteiger partial charge in [0.2, 0.25) is 5.82 Å². The first-order valence-corrected chi connectivity index (χ1v) is 7.16. The quantitative estimate of drug-likeness (QED) is 0.668. The van der Waals surface area contributed by atoms with Crippen LogP contribution in [0.2, 0.25) is 0 Å². The second kappa shape index (κ2) is 5.78. The van der Waals surface area contributed by atoms with E-state index in [-0.39, 0.29) is 16.7 Å². The Kier molecular flexibility index (Phi) is 4.27. The largest absolute Gasteiger partial charge is 0.346 e. The molecule has 2 rings (SSSR count). The number of nitrogens with one attached hydrogen (secondary N) is 1. The monoisotopic (exact) mass is 281 g/mol. The minimum Gasteiger partial charge on any atom is -0.346 e. The number of piperazine rings is 1. The van der Waals surface area contributed by atoms with Crippen LogP contribution in [0, 0.1) is 10.1 Å². The van der Waals surface area contributed by atoms with Crippen LogP contribution in [-0.4, -0.2) is 39.9 Å². The number of hydrogen-bond donors (Lipinski definition) is 1. The van der Waals surface area contributed by atoms with Crippen LogP contribution in [0.4, 0.5) is 11.5 Å². The molecule has 2 unspecified atom stereocenters. The van der Waals surface area contributed by atoms with E-state index in [0.717, 1.165) is 19.5 Å². The third-order valence-corrected chi connectivity index (χ3v) is 3.77. The van der Waals surface area contributed by atoms with E-state index < -0.39 is 0 Å². The molecule has 1 aromatic heterocycles. The van der Waals surface area contributed by atoms with Crippen molar-refractivity contribution >= 4 is 11.5 Å². The average molecular weight is 281 g/mol. The van der Waals surface area contributed by atoms with Gasteiger partial charge >= 0.3 is 5.69 Å². The van der Waals surface area contributed by atoms with E-state index >= 15 is 0 Å². The van der Waals surface area contributed by atoms with Crippen LogP contribution >= 0.6 is 0 Å². The van der Waals surface area contributed by atoms with Crippen molar-refractivity contribution in [2.24, 2.45) is 7.05 Å². The third kappa shape index (κ3) is 2.63. The lowest BCUT2D eigenvalue weighted by atomic mass is 10.1. The van der Waals surface area contributed by atoms with Crippen LogP contribution in [0.15, 0.2) is 0 Å². The molecule has 7 heteroatoms. The van der Waals surface area contributed by atoms with Gasteiger partial charge in [-0.15, -0.1) is 0 Å². The Balaban J connectivity index is 2.46. The van der Waals surface area contributed by atoms with Crippen molar-refractivity contribution in [1.82, 2.24) is 15.1 Å². The van der Waals surface area contributed by atoms with Gasteiger partial charge in [0.05, 0.1) is 4.92 Å². The van der Waals surface area contributed by atoms with Crippen LogP contribution in [0.3, 0.4) is 0 Å². The summed E-state index contributed by atoms with van der Waals surface area (Å²) >= 11 is 0. The Morgan fingerprint density at radius 2 is 2.20 bits per heavy atom. The predicted octanol–water partition coefficient (Wildman–Crippen LogP) is 1.47. The molecule has 0 radical (unpaired) electrons. The minimum atomic E-state index is -0.285. The van der Waals surface area contributed by atoms with Gasteiger partial charge in [0.15, 0.2) is 0 Å². The fraction of sp³-hybridized carbons (Fsp3) is 0.769. The molecule has 2 heterocycles.